The number of Topliss-reactive ketones (excluding diaryl/α,β-unsaturated/α-hetero) is 1. The Bertz CT molecular complexity index is 1380. The van der Waals surface area contributed by atoms with E-state index in [0.29, 0.717) is 28.3 Å². The van der Waals surface area contributed by atoms with Crippen molar-refractivity contribution < 1.29 is 24.5 Å². The number of carbonyl (C=O) groups excluding carboxylic acids is 2. The van der Waals surface area contributed by atoms with Crippen LogP contribution in [0.1, 0.15) is 29.7 Å². The molecule has 0 saturated carbocycles. The molecule has 0 radical (unpaired) electrons. The number of aromatic hydroxyl groups is 1. The molecule has 2 aliphatic rings. The van der Waals surface area contributed by atoms with Crippen molar-refractivity contribution in [3.8, 4) is 11.5 Å². The fourth-order valence-corrected chi connectivity index (χ4v) is 4.83. The first-order chi connectivity index (χ1) is 16.2. The summed E-state index contributed by atoms with van der Waals surface area (Å²) in [6.45, 7) is 1.95. The van der Waals surface area contributed by atoms with E-state index in [1.165, 1.54) is 17.0 Å². The van der Waals surface area contributed by atoms with Crippen LogP contribution in [0.4, 0.5) is 5.69 Å². The van der Waals surface area contributed by atoms with Crippen LogP contribution in [0.5, 0.6) is 11.5 Å². The Hall–Kier alpha value is -3.48. The van der Waals surface area contributed by atoms with Gasteiger partial charge in [0.1, 0.15) is 23.4 Å². The second-order valence-electron chi connectivity index (χ2n) is 8.31. The number of fused-ring (bicyclic) bond motifs is 1. The highest BCUT2D eigenvalue weighted by atomic mass is 35.5. The number of ether oxygens (including phenoxy) is 1. The van der Waals surface area contributed by atoms with Gasteiger partial charge in [0.25, 0.3) is 11.7 Å². The van der Waals surface area contributed by atoms with Gasteiger partial charge in [-0.1, -0.05) is 35.3 Å². The fourth-order valence-electron chi connectivity index (χ4n) is 4.46. The number of amides is 1. The number of phenolic OH excluding ortho intramolecular Hbond substituents is 1. The van der Waals surface area contributed by atoms with Crippen LogP contribution in [0.3, 0.4) is 0 Å². The lowest BCUT2D eigenvalue weighted by Gasteiger charge is -2.26. The van der Waals surface area contributed by atoms with Crippen LogP contribution in [0.15, 0.2) is 66.2 Å². The van der Waals surface area contributed by atoms with Crippen molar-refractivity contribution in [3.05, 3.63) is 93.0 Å². The molecule has 6 nitrogen and oxygen atoms in total. The lowest BCUT2D eigenvalue weighted by Crippen LogP contribution is -2.29. The number of anilines is 1. The molecule has 0 spiro atoms. The number of hydrogen-bond acceptors (Lipinski definition) is 5. The summed E-state index contributed by atoms with van der Waals surface area (Å²) in [7, 11) is 0. The van der Waals surface area contributed by atoms with Gasteiger partial charge in [-0.3, -0.25) is 14.5 Å². The minimum Gasteiger partial charge on any atom is -0.507 e. The first kappa shape index (κ1) is 22.3. The summed E-state index contributed by atoms with van der Waals surface area (Å²) >= 11 is 12.3. The largest absolute Gasteiger partial charge is 0.507 e. The van der Waals surface area contributed by atoms with Crippen LogP contribution >= 0.6 is 23.2 Å². The van der Waals surface area contributed by atoms with E-state index in [4.69, 9.17) is 27.9 Å². The van der Waals surface area contributed by atoms with Crippen molar-refractivity contribution in [1.82, 2.24) is 0 Å². The summed E-state index contributed by atoms with van der Waals surface area (Å²) in [6.07, 6.45) is 0.685. The summed E-state index contributed by atoms with van der Waals surface area (Å²) < 4.78 is 5.73. The zero-order valence-corrected chi connectivity index (χ0v) is 19.5. The monoisotopic (exact) mass is 495 g/mol. The molecule has 34 heavy (non-hydrogen) atoms. The molecule has 0 aromatic heterocycles. The maximum Gasteiger partial charge on any atom is 0.300 e. The number of ketones is 1. The highest BCUT2D eigenvalue weighted by molar-refractivity contribution is 6.52. The van der Waals surface area contributed by atoms with Crippen LogP contribution in [0.25, 0.3) is 5.76 Å². The Morgan fingerprint density at radius 2 is 1.85 bits per heavy atom. The van der Waals surface area contributed by atoms with Crippen LogP contribution < -0.4 is 9.64 Å². The number of aliphatic hydroxyl groups excluding tert-OH is 1. The van der Waals surface area contributed by atoms with E-state index < -0.39 is 17.7 Å². The molecule has 0 bridgehead atoms. The Morgan fingerprint density at radius 3 is 2.59 bits per heavy atom. The molecule has 3 aromatic carbocycles. The van der Waals surface area contributed by atoms with E-state index in [1.807, 2.05) is 6.92 Å². The Labute approximate surface area is 205 Å². The first-order valence-corrected chi connectivity index (χ1v) is 11.3. The minimum absolute atomic E-state index is 0.0138. The molecule has 1 amide bonds. The molecule has 5 rings (SSSR count). The third kappa shape index (κ3) is 3.69. The first-order valence-electron chi connectivity index (χ1n) is 10.6. The highest BCUT2D eigenvalue weighted by Gasteiger charge is 2.47. The van der Waals surface area contributed by atoms with Gasteiger partial charge in [0.05, 0.1) is 16.6 Å². The van der Waals surface area contributed by atoms with Crippen molar-refractivity contribution in [2.45, 2.75) is 25.5 Å². The highest BCUT2D eigenvalue weighted by Crippen LogP contribution is 2.44. The molecule has 0 aliphatic carbocycles. The molecular formula is C26H19Cl2NO5. The van der Waals surface area contributed by atoms with Crippen LogP contribution in [-0.4, -0.2) is 28.0 Å². The molecule has 172 valence electrons. The fraction of sp³-hybridized carbons (Fsp3) is 0.154. The van der Waals surface area contributed by atoms with Gasteiger partial charge in [-0.2, -0.15) is 0 Å². The van der Waals surface area contributed by atoms with Gasteiger partial charge in [0.2, 0.25) is 0 Å². The van der Waals surface area contributed by atoms with Crippen LogP contribution in [0, 0.1) is 0 Å². The topological polar surface area (TPSA) is 87.1 Å². The molecule has 1 fully saturated rings. The third-order valence-electron chi connectivity index (χ3n) is 5.99. The smallest absolute Gasteiger partial charge is 0.300 e. The van der Waals surface area contributed by atoms with E-state index in [1.54, 1.807) is 48.5 Å². The normalized spacial score (nSPS) is 21.0. The van der Waals surface area contributed by atoms with Crippen molar-refractivity contribution in [1.29, 1.82) is 0 Å². The lowest BCUT2D eigenvalue weighted by atomic mass is 9.94. The summed E-state index contributed by atoms with van der Waals surface area (Å²) in [5, 5.41) is 21.7. The molecule has 2 unspecified atom stereocenters. The number of halogens is 2. The summed E-state index contributed by atoms with van der Waals surface area (Å²) in [6, 6.07) is 15.1. The molecule has 2 N–H and O–H groups in total. The van der Waals surface area contributed by atoms with Gasteiger partial charge in [0.15, 0.2) is 0 Å². The van der Waals surface area contributed by atoms with Gasteiger partial charge in [-0.25, -0.2) is 0 Å². The number of benzene rings is 3. The molecule has 3 aromatic rings. The molecule has 2 heterocycles. The quantitative estimate of drug-likeness (QED) is 0.278. The van der Waals surface area contributed by atoms with E-state index >= 15 is 0 Å². The van der Waals surface area contributed by atoms with Gasteiger partial charge >= 0.3 is 0 Å². The average molecular weight is 496 g/mol. The number of nitrogens with zero attached hydrogens (tertiary/aromatic N) is 1. The van der Waals surface area contributed by atoms with E-state index in [2.05, 4.69) is 0 Å². The number of carbonyl (C=O) groups is 2. The predicted molar refractivity (Wildman–Crippen MR) is 130 cm³/mol. The van der Waals surface area contributed by atoms with Crippen molar-refractivity contribution >= 4 is 46.3 Å². The van der Waals surface area contributed by atoms with Crippen LogP contribution in [0.2, 0.25) is 10.0 Å². The predicted octanol–water partition coefficient (Wildman–Crippen LogP) is 5.65. The molecule has 2 atom stereocenters. The number of hydrogen-bond donors (Lipinski definition) is 2. The summed E-state index contributed by atoms with van der Waals surface area (Å²) in [5.74, 6) is -1.37. The lowest BCUT2D eigenvalue weighted by molar-refractivity contribution is -0.132. The summed E-state index contributed by atoms with van der Waals surface area (Å²) in [4.78, 5) is 27.8. The van der Waals surface area contributed by atoms with Crippen molar-refractivity contribution in [2.75, 3.05) is 4.90 Å². The third-order valence-corrected chi connectivity index (χ3v) is 6.53. The second-order valence-corrected chi connectivity index (χ2v) is 9.16. The standard InChI is InChI=1S/C26H19Cl2NO5/c1-13-9-16-10-15(6-8-21(16)34-13)24(31)22-23(14-5-7-20(30)19(28)11-14)29(26(33)25(22)32)18-4-2-3-17(27)12-18/h2-8,10-13,23,30-31H,9H2,1H3/b24-22-. The van der Waals surface area contributed by atoms with Gasteiger partial charge in [-0.15, -0.1) is 0 Å². The van der Waals surface area contributed by atoms with Gasteiger partial charge in [0, 0.05) is 22.7 Å². The average Bonchev–Trinajstić information content (AvgIpc) is 3.30. The van der Waals surface area contributed by atoms with Crippen LogP contribution in [-0.2, 0) is 16.0 Å². The number of rotatable bonds is 3. The summed E-state index contributed by atoms with van der Waals surface area (Å²) in [5.41, 5.74) is 2.06. The molecule has 2 aliphatic heterocycles. The maximum atomic E-state index is 13.3. The SMILES string of the molecule is CC1Cc2cc(/C(O)=C3/C(=O)C(=O)N(c4cccc(Cl)c4)C3c3ccc(O)c(Cl)c3)ccc2O1. The van der Waals surface area contributed by atoms with E-state index in [9.17, 15) is 19.8 Å². The maximum absolute atomic E-state index is 13.3. The molecular weight excluding hydrogens is 477 g/mol. The number of aliphatic hydroxyl groups is 1. The molecule has 8 heteroatoms. The van der Waals surface area contributed by atoms with E-state index in [-0.39, 0.29) is 28.2 Å². The Kier molecular flexibility index (Phi) is 5.50. The van der Waals surface area contributed by atoms with Gasteiger partial charge < -0.3 is 14.9 Å². The zero-order valence-electron chi connectivity index (χ0n) is 18.0. The van der Waals surface area contributed by atoms with Crippen molar-refractivity contribution in [3.63, 3.8) is 0 Å². The Morgan fingerprint density at radius 1 is 1.06 bits per heavy atom. The minimum atomic E-state index is -0.986. The molecule has 1 saturated heterocycles. The van der Waals surface area contributed by atoms with Crippen molar-refractivity contribution in [2.24, 2.45) is 0 Å². The van der Waals surface area contributed by atoms with E-state index in [0.717, 1.165) is 11.3 Å². The zero-order chi connectivity index (χ0) is 24.1. The van der Waals surface area contributed by atoms with Gasteiger partial charge in [-0.05, 0) is 66.6 Å². The Balaban J connectivity index is 1.71. The second kappa shape index (κ2) is 8.38. The number of phenols is 1.